The molecule has 4 unspecified atom stereocenters. The van der Waals surface area contributed by atoms with Crippen LogP contribution in [0.3, 0.4) is 0 Å². The zero-order valence-electron chi connectivity index (χ0n) is 16.3. The standard InChI is InChI=1S/C22H38F2O/c1-3-4-15-5-7-16(8-6-15)17-9-11-18(12-10-17)19-13-14-20(25-2)22(24)21(19)23/h15-22H,3-14H2,1-2H3. The van der Waals surface area contributed by atoms with E-state index in [0.29, 0.717) is 12.3 Å². The number of hydrogen-bond donors (Lipinski definition) is 0. The molecule has 4 atom stereocenters. The Balaban J connectivity index is 1.45. The van der Waals surface area contributed by atoms with E-state index >= 15 is 0 Å². The molecule has 3 aliphatic rings. The van der Waals surface area contributed by atoms with Crippen LogP contribution < -0.4 is 0 Å². The molecule has 0 saturated heterocycles. The summed E-state index contributed by atoms with van der Waals surface area (Å²) in [6.45, 7) is 2.30. The van der Waals surface area contributed by atoms with Gasteiger partial charge in [0.2, 0.25) is 0 Å². The van der Waals surface area contributed by atoms with E-state index in [1.807, 2.05) is 0 Å². The smallest absolute Gasteiger partial charge is 0.157 e. The average molecular weight is 357 g/mol. The molecule has 0 aliphatic heterocycles. The Bertz CT molecular complexity index is 385. The van der Waals surface area contributed by atoms with Crippen molar-refractivity contribution in [3.05, 3.63) is 0 Å². The third-order valence-corrected chi connectivity index (χ3v) is 7.83. The number of alkyl halides is 2. The van der Waals surface area contributed by atoms with Crippen LogP contribution in [0.5, 0.6) is 0 Å². The van der Waals surface area contributed by atoms with Crippen LogP contribution in [0.15, 0.2) is 0 Å². The van der Waals surface area contributed by atoms with Gasteiger partial charge in [-0.25, -0.2) is 8.78 Å². The summed E-state index contributed by atoms with van der Waals surface area (Å²) in [5.74, 6) is 3.07. The van der Waals surface area contributed by atoms with E-state index in [1.54, 1.807) is 0 Å². The van der Waals surface area contributed by atoms with Gasteiger partial charge in [0, 0.05) is 7.11 Å². The van der Waals surface area contributed by atoms with E-state index in [1.165, 1.54) is 58.5 Å². The number of ether oxygens (including phenoxy) is 1. The van der Waals surface area contributed by atoms with Crippen LogP contribution in [0.2, 0.25) is 0 Å². The summed E-state index contributed by atoms with van der Waals surface area (Å²) in [6.07, 6.45) is 11.4. The van der Waals surface area contributed by atoms with Gasteiger partial charge in [-0.05, 0) is 81.0 Å². The molecule has 0 spiro atoms. The molecule has 3 heteroatoms. The van der Waals surface area contributed by atoms with Crippen LogP contribution in [0.25, 0.3) is 0 Å². The average Bonchev–Trinajstić information content (AvgIpc) is 2.65. The molecule has 0 radical (unpaired) electrons. The summed E-state index contributed by atoms with van der Waals surface area (Å²) in [4.78, 5) is 0. The lowest BCUT2D eigenvalue weighted by Crippen LogP contribution is -2.45. The zero-order chi connectivity index (χ0) is 17.8. The number of halogens is 2. The Hall–Kier alpha value is -0.180. The van der Waals surface area contributed by atoms with Gasteiger partial charge in [-0.3, -0.25) is 0 Å². The van der Waals surface area contributed by atoms with Crippen molar-refractivity contribution >= 4 is 0 Å². The molecule has 0 amide bonds. The van der Waals surface area contributed by atoms with Gasteiger partial charge in [0.15, 0.2) is 6.17 Å². The Morgan fingerprint density at radius 3 is 1.84 bits per heavy atom. The molecule has 1 nitrogen and oxygen atoms in total. The molecule has 3 saturated carbocycles. The maximum atomic E-state index is 14.6. The number of rotatable bonds is 5. The van der Waals surface area contributed by atoms with E-state index in [9.17, 15) is 8.78 Å². The molecule has 0 bridgehead atoms. The quantitative estimate of drug-likeness (QED) is 0.546. The summed E-state index contributed by atoms with van der Waals surface area (Å²) in [5, 5.41) is 0. The van der Waals surface area contributed by atoms with Crippen molar-refractivity contribution < 1.29 is 13.5 Å². The molecular weight excluding hydrogens is 318 g/mol. The van der Waals surface area contributed by atoms with Crippen molar-refractivity contribution in [3.8, 4) is 0 Å². The second-order valence-corrected chi connectivity index (χ2v) is 9.15. The third kappa shape index (κ3) is 4.57. The van der Waals surface area contributed by atoms with E-state index in [4.69, 9.17) is 4.74 Å². The predicted molar refractivity (Wildman–Crippen MR) is 99.1 cm³/mol. The monoisotopic (exact) mass is 356 g/mol. The summed E-state index contributed by atoms with van der Waals surface area (Å²) < 4.78 is 33.9. The highest BCUT2D eigenvalue weighted by molar-refractivity contribution is 4.93. The van der Waals surface area contributed by atoms with E-state index in [0.717, 1.165) is 37.0 Å². The molecule has 3 fully saturated rings. The van der Waals surface area contributed by atoms with Crippen LogP contribution in [0.1, 0.15) is 84.0 Å². The SMILES string of the molecule is CCCC1CCC(C2CCC(C3CCC(OC)C(F)C3F)CC2)CC1. The Kier molecular flexibility index (Phi) is 7.17. The summed E-state index contributed by atoms with van der Waals surface area (Å²) in [6, 6.07) is 0. The molecule has 3 rings (SSSR count). The maximum absolute atomic E-state index is 14.6. The molecule has 0 N–H and O–H groups in total. The summed E-state index contributed by atoms with van der Waals surface area (Å²) in [7, 11) is 1.50. The summed E-state index contributed by atoms with van der Waals surface area (Å²) >= 11 is 0. The zero-order valence-corrected chi connectivity index (χ0v) is 16.3. The Morgan fingerprint density at radius 1 is 0.720 bits per heavy atom. The van der Waals surface area contributed by atoms with Gasteiger partial charge in [-0.15, -0.1) is 0 Å². The molecule has 0 aromatic rings. The fraction of sp³-hybridized carbons (Fsp3) is 1.00. The highest BCUT2D eigenvalue weighted by atomic mass is 19.2. The van der Waals surface area contributed by atoms with Gasteiger partial charge in [0.05, 0.1) is 6.10 Å². The second kappa shape index (κ2) is 9.15. The minimum Gasteiger partial charge on any atom is -0.378 e. The van der Waals surface area contributed by atoms with Crippen molar-refractivity contribution in [1.29, 1.82) is 0 Å². The lowest BCUT2D eigenvalue weighted by Gasteiger charge is -2.43. The predicted octanol–water partition coefficient (Wildman–Crippen LogP) is 6.50. The van der Waals surface area contributed by atoms with Gasteiger partial charge < -0.3 is 4.74 Å². The second-order valence-electron chi connectivity index (χ2n) is 9.15. The molecule has 0 aromatic carbocycles. The summed E-state index contributed by atoms with van der Waals surface area (Å²) in [5.41, 5.74) is 0. The van der Waals surface area contributed by atoms with Crippen LogP contribution in [-0.4, -0.2) is 25.6 Å². The van der Waals surface area contributed by atoms with Gasteiger partial charge >= 0.3 is 0 Å². The van der Waals surface area contributed by atoms with Crippen LogP contribution in [-0.2, 0) is 4.74 Å². The number of methoxy groups -OCH3 is 1. The number of hydrogen-bond acceptors (Lipinski definition) is 1. The largest absolute Gasteiger partial charge is 0.378 e. The van der Waals surface area contributed by atoms with Crippen LogP contribution in [0.4, 0.5) is 8.78 Å². The molecule has 25 heavy (non-hydrogen) atoms. The molecule has 3 aliphatic carbocycles. The fourth-order valence-corrected chi connectivity index (χ4v) is 6.26. The van der Waals surface area contributed by atoms with Crippen molar-refractivity contribution in [3.63, 3.8) is 0 Å². The molecule has 146 valence electrons. The van der Waals surface area contributed by atoms with E-state index < -0.39 is 18.4 Å². The van der Waals surface area contributed by atoms with Gasteiger partial charge in [-0.2, -0.15) is 0 Å². The van der Waals surface area contributed by atoms with Gasteiger partial charge in [0.1, 0.15) is 6.17 Å². The van der Waals surface area contributed by atoms with E-state index in [2.05, 4.69) is 6.92 Å². The first-order chi connectivity index (χ1) is 12.1. The van der Waals surface area contributed by atoms with Crippen molar-refractivity contribution in [2.24, 2.45) is 29.6 Å². The minimum absolute atomic E-state index is 0.0670. The molecular formula is C22H38F2O. The topological polar surface area (TPSA) is 9.23 Å². The van der Waals surface area contributed by atoms with Crippen molar-refractivity contribution in [1.82, 2.24) is 0 Å². The first-order valence-electron chi connectivity index (χ1n) is 10.9. The highest BCUT2D eigenvalue weighted by Gasteiger charge is 2.44. The van der Waals surface area contributed by atoms with Crippen LogP contribution >= 0.6 is 0 Å². The molecule has 0 aromatic heterocycles. The van der Waals surface area contributed by atoms with Crippen molar-refractivity contribution in [2.75, 3.05) is 7.11 Å². The molecule has 0 heterocycles. The Labute approximate surface area is 153 Å². The fourth-order valence-electron chi connectivity index (χ4n) is 6.26. The van der Waals surface area contributed by atoms with Crippen LogP contribution in [0, 0.1) is 29.6 Å². The first kappa shape index (κ1) is 19.6. The normalized spacial score (nSPS) is 46.1. The first-order valence-corrected chi connectivity index (χ1v) is 10.9. The van der Waals surface area contributed by atoms with Gasteiger partial charge in [0.25, 0.3) is 0 Å². The third-order valence-electron chi connectivity index (χ3n) is 7.83. The van der Waals surface area contributed by atoms with Gasteiger partial charge in [-0.1, -0.05) is 32.6 Å². The lowest BCUT2D eigenvalue weighted by atomic mass is 9.65. The Morgan fingerprint density at radius 2 is 1.28 bits per heavy atom. The highest BCUT2D eigenvalue weighted by Crippen LogP contribution is 2.46. The van der Waals surface area contributed by atoms with E-state index in [-0.39, 0.29) is 5.92 Å². The maximum Gasteiger partial charge on any atom is 0.157 e. The van der Waals surface area contributed by atoms with Crippen molar-refractivity contribution in [2.45, 2.75) is 102 Å². The lowest BCUT2D eigenvalue weighted by molar-refractivity contribution is -0.0729. The minimum atomic E-state index is -1.42.